The van der Waals surface area contributed by atoms with Crippen LogP contribution < -0.4 is 4.74 Å². The van der Waals surface area contributed by atoms with E-state index in [1.807, 2.05) is 0 Å². The molecule has 5 rings (SSSR count). The smallest absolute Gasteiger partial charge is 0.343 e. The van der Waals surface area contributed by atoms with Crippen molar-refractivity contribution in [3.63, 3.8) is 0 Å². The second-order valence-corrected chi connectivity index (χ2v) is 13.1. The van der Waals surface area contributed by atoms with Gasteiger partial charge in [-0.05, 0) is 67.4 Å². The number of amides is 3. The van der Waals surface area contributed by atoms with Gasteiger partial charge in [0.05, 0.1) is 28.0 Å². The van der Waals surface area contributed by atoms with Gasteiger partial charge in [0.1, 0.15) is 12.3 Å². The van der Waals surface area contributed by atoms with Gasteiger partial charge in [-0.15, -0.1) is 0 Å². The van der Waals surface area contributed by atoms with Crippen molar-refractivity contribution in [1.29, 1.82) is 0 Å². The molecule has 8 nitrogen and oxygen atoms in total. The SMILES string of the molecule is O=C(CN(C(=O)c1ccc(Cl)cc1Cl)N1C(=O)[C@H]2C[C@H](Br)[C@@H](Br)C[C@H]2C1=O)c1ccc(OC(=O)c2ccccc2)cc1. The molecule has 216 valence electrons. The first-order chi connectivity index (χ1) is 20.0. The number of ether oxygens (including phenoxy) is 1. The summed E-state index contributed by atoms with van der Waals surface area (Å²) in [6, 6.07) is 18.4. The second kappa shape index (κ2) is 12.7. The number of imide groups is 1. The lowest BCUT2D eigenvalue weighted by atomic mass is 9.81. The van der Waals surface area contributed by atoms with E-state index >= 15 is 0 Å². The quantitative estimate of drug-likeness (QED) is 0.0919. The Morgan fingerprint density at radius 2 is 1.43 bits per heavy atom. The number of halogens is 4. The minimum Gasteiger partial charge on any atom is -0.423 e. The number of Topliss-reactive ketones (excluding diaryl/α,β-unsaturated/α-hetero) is 1. The van der Waals surface area contributed by atoms with Crippen LogP contribution in [0, 0.1) is 11.8 Å². The molecule has 0 spiro atoms. The predicted molar refractivity (Wildman–Crippen MR) is 163 cm³/mol. The molecule has 1 saturated carbocycles. The van der Waals surface area contributed by atoms with Crippen LogP contribution in [0.1, 0.15) is 43.9 Å². The van der Waals surface area contributed by atoms with Crippen molar-refractivity contribution in [1.82, 2.24) is 10.0 Å². The van der Waals surface area contributed by atoms with E-state index in [0.29, 0.717) is 23.4 Å². The first-order valence-electron chi connectivity index (χ1n) is 12.9. The fourth-order valence-corrected chi connectivity index (χ4v) is 6.75. The highest BCUT2D eigenvalue weighted by Gasteiger charge is 2.54. The number of carbonyl (C=O) groups is 5. The Morgan fingerprint density at radius 3 is 2.00 bits per heavy atom. The van der Waals surface area contributed by atoms with Crippen LogP contribution in [0.15, 0.2) is 72.8 Å². The van der Waals surface area contributed by atoms with E-state index in [9.17, 15) is 24.0 Å². The maximum atomic E-state index is 13.8. The third-order valence-corrected chi connectivity index (χ3v) is 10.5. The van der Waals surface area contributed by atoms with Gasteiger partial charge in [0.25, 0.3) is 17.7 Å². The number of rotatable bonds is 7. The molecule has 2 fully saturated rings. The molecule has 3 amide bonds. The van der Waals surface area contributed by atoms with Gasteiger partial charge in [0.2, 0.25) is 0 Å². The van der Waals surface area contributed by atoms with Gasteiger partial charge in [-0.2, -0.15) is 5.01 Å². The molecule has 0 bridgehead atoms. The van der Waals surface area contributed by atoms with Gasteiger partial charge in [0, 0.05) is 20.2 Å². The molecule has 3 aromatic carbocycles. The molecular formula is C30H22Br2Cl2N2O6. The molecule has 1 aliphatic carbocycles. The molecular weight excluding hydrogens is 715 g/mol. The zero-order valence-electron chi connectivity index (χ0n) is 21.7. The fourth-order valence-electron chi connectivity index (χ4n) is 5.03. The van der Waals surface area contributed by atoms with E-state index in [1.54, 1.807) is 30.3 Å². The van der Waals surface area contributed by atoms with E-state index in [0.717, 1.165) is 10.0 Å². The molecule has 0 N–H and O–H groups in total. The number of hydrogen-bond donors (Lipinski definition) is 0. The molecule has 0 aromatic heterocycles. The zero-order chi connectivity index (χ0) is 30.1. The van der Waals surface area contributed by atoms with E-state index in [2.05, 4.69) is 31.9 Å². The first kappa shape index (κ1) is 30.4. The summed E-state index contributed by atoms with van der Waals surface area (Å²) in [6.07, 6.45) is 0.783. The van der Waals surface area contributed by atoms with Crippen LogP contribution in [-0.2, 0) is 9.59 Å². The van der Waals surface area contributed by atoms with Crippen LogP contribution in [0.25, 0.3) is 0 Å². The van der Waals surface area contributed by atoms with E-state index in [-0.39, 0.29) is 31.6 Å². The Balaban J connectivity index is 1.41. The number of carbonyl (C=O) groups excluding carboxylic acids is 5. The largest absolute Gasteiger partial charge is 0.423 e. The van der Waals surface area contributed by atoms with Crippen molar-refractivity contribution in [2.24, 2.45) is 11.8 Å². The van der Waals surface area contributed by atoms with Crippen LogP contribution in [0.4, 0.5) is 0 Å². The molecule has 1 heterocycles. The monoisotopic (exact) mass is 734 g/mol. The minimum absolute atomic E-state index is 0.00656. The molecule has 3 aromatic rings. The Labute approximate surface area is 268 Å². The van der Waals surface area contributed by atoms with Crippen LogP contribution in [0.3, 0.4) is 0 Å². The molecule has 0 radical (unpaired) electrons. The summed E-state index contributed by atoms with van der Waals surface area (Å²) in [5.41, 5.74) is 0.516. The number of ketones is 1. The second-order valence-electron chi connectivity index (χ2n) is 9.89. The number of esters is 1. The Kier molecular flexibility index (Phi) is 9.17. The highest BCUT2D eigenvalue weighted by Crippen LogP contribution is 2.44. The Bertz CT molecular complexity index is 1540. The zero-order valence-corrected chi connectivity index (χ0v) is 26.4. The molecule has 2 aliphatic rings. The average Bonchev–Trinajstić information content (AvgIpc) is 3.20. The summed E-state index contributed by atoms with van der Waals surface area (Å²) in [7, 11) is 0. The van der Waals surface area contributed by atoms with Gasteiger partial charge in [-0.1, -0.05) is 73.3 Å². The van der Waals surface area contributed by atoms with Crippen LogP contribution in [0.5, 0.6) is 5.75 Å². The normalized spacial score (nSPS) is 21.6. The number of hydrogen-bond acceptors (Lipinski definition) is 6. The van der Waals surface area contributed by atoms with Crippen LogP contribution in [0.2, 0.25) is 10.0 Å². The van der Waals surface area contributed by atoms with Crippen LogP contribution in [-0.4, -0.2) is 55.7 Å². The molecule has 4 atom stereocenters. The molecule has 1 saturated heterocycles. The minimum atomic E-state index is -0.801. The molecule has 12 heteroatoms. The Hall–Kier alpha value is -3.05. The number of hydrazine groups is 1. The topological polar surface area (TPSA) is 101 Å². The molecule has 0 unspecified atom stereocenters. The van der Waals surface area contributed by atoms with Gasteiger partial charge in [0.15, 0.2) is 5.78 Å². The first-order valence-corrected chi connectivity index (χ1v) is 15.5. The predicted octanol–water partition coefficient (Wildman–Crippen LogP) is 6.37. The van der Waals surface area contributed by atoms with Gasteiger partial charge in [-0.3, -0.25) is 19.2 Å². The van der Waals surface area contributed by atoms with Crippen molar-refractivity contribution in [2.75, 3.05) is 6.54 Å². The maximum Gasteiger partial charge on any atom is 0.343 e. The number of benzene rings is 3. The lowest BCUT2D eigenvalue weighted by Gasteiger charge is -2.30. The van der Waals surface area contributed by atoms with Crippen molar-refractivity contribution >= 4 is 84.5 Å². The standard InChI is InChI=1S/C30H22Br2Cl2N2O6/c31-23-13-21-22(14-24(23)32)29(40)36(28(21)39)35(27(38)20-11-8-18(33)12-25(20)34)15-26(37)16-6-9-19(10-7-16)42-30(41)17-4-2-1-3-5-17/h1-12,21-24H,13-15H2/t21-,22+,23-,24-/m0/s1. The van der Waals surface area contributed by atoms with Crippen molar-refractivity contribution < 1.29 is 28.7 Å². The van der Waals surface area contributed by atoms with Gasteiger partial charge >= 0.3 is 5.97 Å². The van der Waals surface area contributed by atoms with Crippen molar-refractivity contribution in [3.05, 3.63) is 99.5 Å². The highest BCUT2D eigenvalue weighted by atomic mass is 79.9. The van der Waals surface area contributed by atoms with Gasteiger partial charge in [-0.25, -0.2) is 9.80 Å². The van der Waals surface area contributed by atoms with E-state index in [1.165, 1.54) is 42.5 Å². The third-order valence-electron chi connectivity index (χ3n) is 7.22. The number of fused-ring (bicyclic) bond motifs is 1. The van der Waals surface area contributed by atoms with E-state index in [4.69, 9.17) is 27.9 Å². The summed E-state index contributed by atoms with van der Waals surface area (Å²) in [6.45, 7) is -0.618. The highest BCUT2D eigenvalue weighted by molar-refractivity contribution is 9.12. The summed E-state index contributed by atoms with van der Waals surface area (Å²) in [5.74, 6) is -4.09. The van der Waals surface area contributed by atoms with Crippen molar-refractivity contribution in [3.8, 4) is 5.75 Å². The maximum absolute atomic E-state index is 13.8. The number of alkyl halides is 2. The molecule has 1 aliphatic heterocycles. The fraction of sp³-hybridized carbons (Fsp3) is 0.233. The number of nitrogens with zero attached hydrogens (tertiary/aromatic N) is 2. The van der Waals surface area contributed by atoms with E-state index < -0.39 is 47.9 Å². The van der Waals surface area contributed by atoms with Crippen LogP contribution >= 0.6 is 55.1 Å². The lowest BCUT2D eigenvalue weighted by Crippen LogP contribution is -2.52. The molecule has 42 heavy (non-hydrogen) atoms. The third kappa shape index (κ3) is 6.17. The summed E-state index contributed by atoms with van der Waals surface area (Å²) in [4.78, 5) is 66.7. The summed E-state index contributed by atoms with van der Waals surface area (Å²) < 4.78 is 5.37. The van der Waals surface area contributed by atoms with Crippen molar-refractivity contribution in [2.45, 2.75) is 22.5 Å². The Morgan fingerprint density at radius 1 is 0.833 bits per heavy atom. The van der Waals surface area contributed by atoms with Gasteiger partial charge < -0.3 is 4.74 Å². The summed E-state index contributed by atoms with van der Waals surface area (Å²) >= 11 is 19.4. The summed E-state index contributed by atoms with van der Waals surface area (Å²) in [5, 5.41) is 1.95. The average molecular weight is 737 g/mol. The lowest BCUT2D eigenvalue weighted by molar-refractivity contribution is -0.154.